The van der Waals surface area contributed by atoms with Gasteiger partial charge in [0.1, 0.15) is 11.9 Å². The molecule has 0 aliphatic carbocycles. The van der Waals surface area contributed by atoms with E-state index in [1.54, 1.807) is 18.3 Å². The number of hydrogen-bond donors (Lipinski definition) is 1. The van der Waals surface area contributed by atoms with E-state index in [4.69, 9.17) is 12.2 Å². The number of anilines is 2. The zero-order chi connectivity index (χ0) is 22.9. The first kappa shape index (κ1) is 21.2. The predicted molar refractivity (Wildman–Crippen MR) is 134 cm³/mol. The van der Waals surface area contributed by atoms with Gasteiger partial charge in [-0.25, -0.2) is 4.39 Å². The van der Waals surface area contributed by atoms with E-state index in [0.717, 1.165) is 28.5 Å². The quantitative estimate of drug-likeness (QED) is 0.414. The fourth-order valence-corrected chi connectivity index (χ4v) is 4.66. The fraction of sp³-hybridized carbons (Fsp3) is 0.154. The van der Waals surface area contributed by atoms with Crippen LogP contribution in [0.2, 0.25) is 0 Å². The SMILES string of the molecule is CN(C)c1ccc(-n2cccc2[C@@H]2[C@@H](c3ccccn3)NC(=S)N2c2ccc(F)cc2)cc1. The van der Waals surface area contributed by atoms with Crippen molar-refractivity contribution in [2.24, 2.45) is 0 Å². The van der Waals surface area contributed by atoms with Crippen molar-refractivity contribution < 1.29 is 4.39 Å². The molecule has 1 N–H and O–H groups in total. The maximum absolute atomic E-state index is 13.7. The minimum absolute atomic E-state index is 0.168. The molecule has 2 aromatic heterocycles. The molecule has 2 atom stereocenters. The molecule has 166 valence electrons. The van der Waals surface area contributed by atoms with Crippen molar-refractivity contribution in [3.63, 3.8) is 0 Å². The van der Waals surface area contributed by atoms with E-state index in [9.17, 15) is 4.39 Å². The fourth-order valence-electron chi connectivity index (χ4n) is 4.32. The van der Waals surface area contributed by atoms with Crippen LogP contribution in [-0.4, -0.2) is 28.8 Å². The lowest BCUT2D eigenvalue weighted by atomic mass is 10.0. The van der Waals surface area contributed by atoms with Crippen LogP contribution in [0.1, 0.15) is 23.5 Å². The summed E-state index contributed by atoms with van der Waals surface area (Å²) < 4.78 is 15.8. The number of rotatable bonds is 5. The second-order valence-corrected chi connectivity index (χ2v) is 8.57. The van der Waals surface area contributed by atoms with Crippen molar-refractivity contribution in [1.29, 1.82) is 0 Å². The van der Waals surface area contributed by atoms with E-state index in [1.807, 2.05) is 43.3 Å². The van der Waals surface area contributed by atoms with Crippen LogP contribution in [0.5, 0.6) is 0 Å². The summed E-state index contributed by atoms with van der Waals surface area (Å²) in [4.78, 5) is 8.73. The van der Waals surface area contributed by atoms with Crippen molar-refractivity contribution >= 4 is 28.7 Å². The Kier molecular flexibility index (Phi) is 5.56. The van der Waals surface area contributed by atoms with Crippen LogP contribution < -0.4 is 15.1 Å². The summed E-state index contributed by atoms with van der Waals surface area (Å²) in [6, 6.07) is 24.5. The van der Waals surface area contributed by atoms with Crippen LogP contribution >= 0.6 is 12.2 Å². The summed E-state index contributed by atoms with van der Waals surface area (Å²) in [5, 5.41) is 4.04. The first-order chi connectivity index (χ1) is 16.0. The standard InChI is InChI=1S/C26H24FN5S/c1-30(2)19-12-14-20(15-13-19)31-17-5-7-23(31)25-24(22-6-3-4-16-28-22)29-26(33)32(25)21-10-8-18(27)9-11-21/h3-17,24-25H,1-2H3,(H,29,33)/t24-,25-/m1/s1. The molecule has 0 radical (unpaired) electrons. The van der Waals surface area contributed by atoms with E-state index in [-0.39, 0.29) is 17.9 Å². The average molecular weight is 458 g/mol. The summed E-state index contributed by atoms with van der Waals surface area (Å²) in [6.45, 7) is 0. The van der Waals surface area contributed by atoms with E-state index >= 15 is 0 Å². The van der Waals surface area contributed by atoms with Gasteiger partial charge >= 0.3 is 0 Å². The van der Waals surface area contributed by atoms with Crippen LogP contribution in [-0.2, 0) is 0 Å². The molecule has 0 unspecified atom stereocenters. The molecule has 7 heteroatoms. The van der Waals surface area contributed by atoms with Crippen molar-refractivity contribution in [2.45, 2.75) is 12.1 Å². The molecule has 1 aliphatic heterocycles. The van der Waals surface area contributed by atoms with Crippen molar-refractivity contribution in [1.82, 2.24) is 14.9 Å². The van der Waals surface area contributed by atoms with Gasteiger partial charge in [0.2, 0.25) is 0 Å². The second-order valence-electron chi connectivity index (χ2n) is 8.19. The van der Waals surface area contributed by atoms with E-state index in [1.165, 1.54) is 12.1 Å². The molecule has 1 saturated heterocycles. The Bertz CT molecular complexity index is 1250. The van der Waals surface area contributed by atoms with Crippen LogP contribution in [0.15, 0.2) is 91.3 Å². The number of pyridine rings is 1. The molecule has 3 heterocycles. The minimum Gasteiger partial charge on any atom is -0.378 e. The Morgan fingerprint density at radius 1 is 0.909 bits per heavy atom. The number of nitrogens with one attached hydrogen (secondary N) is 1. The average Bonchev–Trinajstić information content (AvgIpc) is 3.44. The van der Waals surface area contributed by atoms with E-state index in [0.29, 0.717) is 5.11 Å². The molecular weight excluding hydrogens is 433 g/mol. The maximum Gasteiger partial charge on any atom is 0.174 e. The third-order valence-corrected chi connectivity index (χ3v) is 6.25. The zero-order valence-corrected chi connectivity index (χ0v) is 19.2. The highest BCUT2D eigenvalue weighted by atomic mass is 32.1. The highest BCUT2D eigenvalue weighted by Gasteiger charge is 2.42. The lowest BCUT2D eigenvalue weighted by molar-refractivity contribution is 0.549. The number of benzene rings is 2. The van der Waals surface area contributed by atoms with Gasteiger partial charge in [-0.1, -0.05) is 6.07 Å². The summed E-state index contributed by atoms with van der Waals surface area (Å²) >= 11 is 5.77. The lowest BCUT2D eigenvalue weighted by Crippen LogP contribution is -2.30. The Balaban J connectivity index is 1.63. The number of aromatic nitrogens is 2. The Labute approximate surface area is 198 Å². The highest BCUT2D eigenvalue weighted by molar-refractivity contribution is 7.80. The number of halogens is 1. The van der Waals surface area contributed by atoms with Gasteiger partial charge in [-0.3, -0.25) is 4.98 Å². The molecular formula is C26H24FN5S. The molecule has 0 bridgehead atoms. The third kappa shape index (κ3) is 3.96. The molecule has 2 aromatic carbocycles. The molecule has 5 rings (SSSR count). The Hall–Kier alpha value is -3.71. The molecule has 33 heavy (non-hydrogen) atoms. The molecule has 1 aliphatic rings. The van der Waals surface area contributed by atoms with Crippen molar-refractivity contribution in [2.75, 3.05) is 23.9 Å². The summed E-state index contributed by atoms with van der Waals surface area (Å²) in [5.74, 6) is -0.279. The van der Waals surface area contributed by atoms with Gasteiger partial charge in [0.15, 0.2) is 5.11 Å². The van der Waals surface area contributed by atoms with Gasteiger partial charge in [-0.05, 0) is 85.0 Å². The molecule has 0 saturated carbocycles. The normalized spacial score (nSPS) is 17.8. The van der Waals surface area contributed by atoms with Gasteiger partial charge < -0.3 is 19.7 Å². The van der Waals surface area contributed by atoms with Gasteiger partial charge in [-0.15, -0.1) is 0 Å². The number of nitrogens with zero attached hydrogens (tertiary/aromatic N) is 4. The molecule has 4 aromatic rings. The topological polar surface area (TPSA) is 36.3 Å². The summed E-state index contributed by atoms with van der Waals surface area (Å²) in [5.41, 5.74) is 4.96. The zero-order valence-electron chi connectivity index (χ0n) is 18.4. The highest BCUT2D eigenvalue weighted by Crippen LogP contribution is 2.42. The largest absolute Gasteiger partial charge is 0.378 e. The second kappa shape index (κ2) is 8.67. The number of hydrogen-bond acceptors (Lipinski definition) is 3. The van der Waals surface area contributed by atoms with Crippen molar-refractivity contribution in [3.05, 3.63) is 108 Å². The molecule has 0 spiro atoms. The maximum atomic E-state index is 13.7. The van der Waals surface area contributed by atoms with Gasteiger partial charge in [-0.2, -0.15) is 0 Å². The van der Waals surface area contributed by atoms with Gasteiger partial charge in [0.25, 0.3) is 0 Å². The lowest BCUT2D eigenvalue weighted by Gasteiger charge is -2.29. The van der Waals surface area contributed by atoms with Crippen LogP contribution in [0.4, 0.5) is 15.8 Å². The van der Waals surface area contributed by atoms with Crippen LogP contribution in [0.25, 0.3) is 5.69 Å². The van der Waals surface area contributed by atoms with Gasteiger partial charge in [0, 0.05) is 49.2 Å². The first-order valence-corrected chi connectivity index (χ1v) is 11.1. The van der Waals surface area contributed by atoms with E-state index < -0.39 is 0 Å². The van der Waals surface area contributed by atoms with E-state index in [2.05, 4.69) is 56.3 Å². The smallest absolute Gasteiger partial charge is 0.174 e. The Morgan fingerprint density at radius 3 is 2.30 bits per heavy atom. The van der Waals surface area contributed by atoms with Crippen molar-refractivity contribution in [3.8, 4) is 5.69 Å². The summed E-state index contributed by atoms with van der Waals surface area (Å²) in [7, 11) is 4.05. The minimum atomic E-state index is -0.279. The third-order valence-electron chi connectivity index (χ3n) is 5.93. The molecule has 1 fully saturated rings. The Morgan fingerprint density at radius 2 is 1.64 bits per heavy atom. The first-order valence-electron chi connectivity index (χ1n) is 10.7. The predicted octanol–water partition coefficient (Wildman–Crippen LogP) is 5.25. The molecule has 0 amide bonds. The number of thiocarbonyl (C=S) groups is 1. The van der Waals surface area contributed by atoms with Gasteiger partial charge in [0.05, 0.1) is 11.7 Å². The molecule has 5 nitrogen and oxygen atoms in total. The monoisotopic (exact) mass is 457 g/mol. The van der Waals surface area contributed by atoms with Crippen LogP contribution in [0, 0.1) is 5.82 Å². The summed E-state index contributed by atoms with van der Waals surface area (Å²) in [6.07, 6.45) is 3.84. The van der Waals surface area contributed by atoms with Crippen LogP contribution in [0.3, 0.4) is 0 Å².